The monoisotopic (exact) mass is 437 g/mol. The van der Waals surface area contributed by atoms with Crippen molar-refractivity contribution >= 4 is 22.8 Å². The molecule has 7 heteroatoms. The maximum atomic E-state index is 13.5. The molecule has 0 unspecified atom stereocenters. The minimum absolute atomic E-state index is 0.307. The number of pyridine rings is 2. The molecule has 0 bridgehead atoms. The van der Waals surface area contributed by atoms with Gasteiger partial charge in [-0.3, -0.25) is 9.78 Å². The standard InChI is InChI=1S/C26H20FN5O/c27-19-8-6-18(7-9-19)24-22(16-12-14-29-15-13-16)20-10-11-21(30-25(20)32-24)31-26(33)23(28)17-4-2-1-3-5-17/h1-15,23H,28H2,(H2,30,31,32,33)/t23-/m0/s1. The molecule has 1 atom stereocenters. The van der Waals surface area contributed by atoms with Gasteiger partial charge >= 0.3 is 0 Å². The summed E-state index contributed by atoms with van der Waals surface area (Å²) in [6.07, 6.45) is 3.44. The van der Waals surface area contributed by atoms with Crippen LogP contribution in [0.1, 0.15) is 11.6 Å². The highest BCUT2D eigenvalue weighted by Crippen LogP contribution is 2.38. The molecule has 0 saturated heterocycles. The summed E-state index contributed by atoms with van der Waals surface area (Å²) in [5.74, 6) is -0.280. The lowest BCUT2D eigenvalue weighted by Gasteiger charge is -2.12. The number of carbonyl (C=O) groups excluding carboxylic acids is 1. The smallest absolute Gasteiger partial charge is 0.247 e. The number of nitrogens with one attached hydrogen (secondary N) is 2. The highest BCUT2D eigenvalue weighted by molar-refractivity contribution is 6.03. The lowest BCUT2D eigenvalue weighted by Crippen LogP contribution is -2.28. The van der Waals surface area contributed by atoms with Crippen LogP contribution in [0.25, 0.3) is 33.4 Å². The van der Waals surface area contributed by atoms with Gasteiger partial charge in [0, 0.05) is 23.3 Å². The van der Waals surface area contributed by atoms with Crippen LogP contribution in [0.15, 0.2) is 91.3 Å². The van der Waals surface area contributed by atoms with Gasteiger partial charge in [0.15, 0.2) is 0 Å². The first-order valence-corrected chi connectivity index (χ1v) is 10.4. The van der Waals surface area contributed by atoms with Crippen LogP contribution in [0, 0.1) is 5.82 Å². The minimum Gasteiger partial charge on any atom is -0.339 e. The second-order valence-corrected chi connectivity index (χ2v) is 7.59. The lowest BCUT2D eigenvalue weighted by atomic mass is 10.00. The van der Waals surface area contributed by atoms with Gasteiger partial charge in [0.25, 0.3) is 0 Å². The molecule has 0 fully saturated rings. The van der Waals surface area contributed by atoms with Crippen LogP contribution in [0.3, 0.4) is 0 Å². The Labute approximate surface area is 189 Å². The summed E-state index contributed by atoms with van der Waals surface area (Å²) >= 11 is 0. The fraction of sp³-hybridized carbons (Fsp3) is 0.0385. The summed E-state index contributed by atoms with van der Waals surface area (Å²) in [6, 6.07) is 22.1. The van der Waals surface area contributed by atoms with Gasteiger partial charge in [-0.15, -0.1) is 0 Å². The van der Waals surface area contributed by atoms with Crippen molar-refractivity contribution in [2.75, 3.05) is 5.32 Å². The minimum atomic E-state index is -0.811. The Hall–Kier alpha value is -4.36. The van der Waals surface area contributed by atoms with Gasteiger partial charge in [0.1, 0.15) is 23.3 Å². The average molecular weight is 437 g/mol. The molecule has 3 aromatic heterocycles. The van der Waals surface area contributed by atoms with Gasteiger partial charge in [0.05, 0.1) is 5.69 Å². The highest BCUT2D eigenvalue weighted by atomic mass is 19.1. The summed E-state index contributed by atoms with van der Waals surface area (Å²) in [4.78, 5) is 24.7. The molecule has 2 aromatic carbocycles. The molecule has 3 heterocycles. The number of fused-ring (bicyclic) bond motifs is 1. The number of rotatable bonds is 5. The number of amides is 1. The number of hydrogen-bond donors (Lipinski definition) is 3. The number of carbonyl (C=O) groups is 1. The summed E-state index contributed by atoms with van der Waals surface area (Å²) in [7, 11) is 0. The van der Waals surface area contributed by atoms with Crippen molar-refractivity contribution < 1.29 is 9.18 Å². The number of nitrogens with two attached hydrogens (primary N) is 1. The van der Waals surface area contributed by atoms with Crippen molar-refractivity contribution in [1.82, 2.24) is 15.0 Å². The summed E-state index contributed by atoms with van der Waals surface area (Å²) < 4.78 is 13.5. The highest BCUT2D eigenvalue weighted by Gasteiger charge is 2.19. The molecule has 1 amide bonds. The number of hydrogen-bond acceptors (Lipinski definition) is 4. The van der Waals surface area contributed by atoms with E-state index in [1.54, 1.807) is 30.6 Å². The van der Waals surface area contributed by atoms with E-state index in [1.165, 1.54) is 12.1 Å². The Balaban J connectivity index is 1.54. The molecule has 5 rings (SSSR count). The van der Waals surface area contributed by atoms with Crippen molar-refractivity contribution in [3.63, 3.8) is 0 Å². The molecule has 6 nitrogen and oxygen atoms in total. The van der Waals surface area contributed by atoms with E-state index in [4.69, 9.17) is 5.73 Å². The number of benzene rings is 2. The van der Waals surface area contributed by atoms with Gasteiger partial charge in [-0.05, 0) is 65.2 Å². The van der Waals surface area contributed by atoms with Gasteiger partial charge in [0.2, 0.25) is 5.91 Å². The van der Waals surface area contributed by atoms with Gasteiger partial charge in [-0.1, -0.05) is 30.3 Å². The van der Waals surface area contributed by atoms with E-state index < -0.39 is 6.04 Å². The normalized spacial score (nSPS) is 11.9. The van der Waals surface area contributed by atoms with E-state index >= 15 is 0 Å². The molecule has 0 spiro atoms. The third-order valence-electron chi connectivity index (χ3n) is 5.45. The van der Waals surface area contributed by atoms with E-state index in [9.17, 15) is 9.18 Å². The van der Waals surface area contributed by atoms with Crippen LogP contribution < -0.4 is 11.1 Å². The number of H-pyrrole nitrogens is 1. The van der Waals surface area contributed by atoms with Crippen LogP contribution in [0.2, 0.25) is 0 Å². The molecular formula is C26H20FN5O. The molecule has 4 N–H and O–H groups in total. The molecule has 0 aliphatic heterocycles. The molecule has 0 aliphatic carbocycles. The van der Waals surface area contributed by atoms with E-state index in [0.717, 1.165) is 33.3 Å². The molecular weight excluding hydrogens is 417 g/mol. The summed E-state index contributed by atoms with van der Waals surface area (Å²) in [5, 5.41) is 3.66. The largest absolute Gasteiger partial charge is 0.339 e. The number of aromatic nitrogens is 3. The Morgan fingerprint density at radius 1 is 0.909 bits per heavy atom. The molecule has 0 radical (unpaired) electrons. The van der Waals surface area contributed by atoms with Gasteiger partial charge in [-0.25, -0.2) is 9.37 Å². The first kappa shape index (κ1) is 20.5. The van der Waals surface area contributed by atoms with E-state index in [-0.39, 0.29) is 11.7 Å². The number of nitrogens with zero attached hydrogens (tertiary/aromatic N) is 2. The van der Waals surface area contributed by atoms with Crippen LogP contribution in [0.4, 0.5) is 10.2 Å². The predicted octanol–water partition coefficient (Wildman–Crippen LogP) is 5.07. The zero-order valence-electron chi connectivity index (χ0n) is 17.5. The molecule has 0 aliphatic rings. The fourth-order valence-electron chi connectivity index (χ4n) is 3.81. The summed E-state index contributed by atoms with van der Waals surface area (Å²) in [5.41, 5.74) is 10.9. The van der Waals surface area contributed by atoms with Crippen LogP contribution >= 0.6 is 0 Å². The Kier molecular flexibility index (Phi) is 5.38. The first-order valence-electron chi connectivity index (χ1n) is 10.4. The van der Waals surface area contributed by atoms with Crippen molar-refractivity contribution in [2.24, 2.45) is 5.73 Å². The first-order chi connectivity index (χ1) is 16.1. The van der Waals surface area contributed by atoms with Crippen molar-refractivity contribution in [1.29, 1.82) is 0 Å². The zero-order valence-corrected chi connectivity index (χ0v) is 17.5. The lowest BCUT2D eigenvalue weighted by molar-refractivity contribution is -0.117. The average Bonchev–Trinajstić information content (AvgIpc) is 3.24. The van der Waals surface area contributed by atoms with E-state index in [2.05, 4.69) is 20.3 Å². The van der Waals surface area contributed by atoms with Gasteiger partial charge in [-0.2, -0.15) is 0 Å². The second-order valence-electron chi connectivity index (χ2n) is 7.59. The van der Waals surface area contributed by atoms with E-state index in [1.807, 2.05) is 48.5 Å². The third-order valence-corrected chi connectivity index (χ3v) is 5.45. The molecule has 0 saturated carbocycles. The number of halogens is 1. The molecule has 162 valence electrons. The van der Waals surface area contributed by atoms with Crippen LogP contribution in [-0.2, 0) is 4.79 Å². The second kappa shape index (κ2) is 8.64. The Bertz CT molecular complexity index is 1420. The summed E-state index contributed by atoms with van der Waals surface area (Å²) in [6.45, 7) is 0. The fourth-order valence-corrected chi connectivity index (χ4v) is 3.81. The number of anilines is 1. The predicted molar refractivity (Wildman–Crippen MR) is 127 cm³/mol. The van der Waals surface area contributed by atoms with E-state index in [0.29, 0.717) is 11.5 Å². The Morgan fingerprint density at radius 3 is 2.36 bits per heavy atom. The Morgan fingerprint density at radius 2 is 1.64 bits per heavy atom. The van der Waals surface area contributed by atoms with Crippen molar-refractivity contribution in [2.45, 2.75) is 6.04 Å². The maximum absolute atomic E-state index is 13.5. The number of aromatic amines is 1. The SMILES string of the molecule is N[C@H](C(=O)Nc1ccc2c(-c3ccncc3)c(-c3ccc(F)cc3)[nH]c2n1)c1ccccc1. The molecule has 33 heavy (non-hydrogen) atoms. The third kappa shape index (κ3) is 4.09. The van der Waals surface area contributed by atoms with Gasteiger partial charge < -0.3 is 16.0 Å². The quantitative estimate of drug-likeness (QED) is 0.358. The maximum Gasteiger partial charge on any atom is 0.247 e. The topological polar surface area (TPSA) is 96.7 Å². The molecule has 5 aromatic rings. The van der Waals surface area contributed by atoms with Crippen molar-refractivity contribution in [3.05, 3.63) is 103 Å². The van der Waals surface area contributed by atoms with Crippen LogP contribution in [-0.4, -0.2) is 20.9 Å². The van der Waals surface area contributed by atoms with Crippen molar-refractivity contribution in [3.8, 4) is 22.4 Å². The van der Waals surface area contributed by atoms with Crippen LogP contribution in [0.5, 0.6) is 0 Å². The zero-order chi connectivity index (χ0) is 22.8.